The van der Waals surface area contributed by atoms with Crippen LogP contribution in [-0.4, -0.2) is 18.5 Å². The first-order chi connectivity index (χ1) is 7.65. The number of hydrogen-bond acceptors (Lipinski definition) is 4. The molecule has 0 bridgehead atoms. The number of ether oxygens (including phenoxy) is 2. The lowest BCUT2D eigenvalue weighted by molar-refractivity contribution is -0.131. The van der Waals surface area contributed by atoms with E-state index in [9.17, 15) is 9.59 Å². The quantitative estimate of drug-likeness (QED) is 0.576. The molecule has 85 valence electrons. The fraction of sp³-hybridized carbons (Fsp3) is 0.250. The second kappa shape index (κ2) is 5.90. The highest BCUT2D eigenvalue weighted by Crippen LogP contribution is 2.19. The number of benzene rings is 1. The monoisotopic (exact) mass is 221 g/mol. The molecule has 0 amide bonds. The zero-order chi connectivity index (χ0) is 12.0. The van der Waals surface area contributed by atoms with E-state index in [1.807, 2.05) is 0 Å². The molecule has 0 saturated carbocycles. The van der Waals surface area contributed by atoms with Crippen LogP contribution < -0.4 is 4.74 Å². The lowest BCUT2D eigenvalue weighted by atomic mass is 10.2. The van der Waals surface area contributed by atoms with Gasteiger partial charge in [-0.2, -0.15) is 0 Å². The number of carbonyl (C=O) groups excluding carboxylic acids is 2. The van der Waals surface area contributed by atoms with E-state index in [1.165, 1.54) is 6.92 Å². The van der Waals surface area contributed by atoms with Gasteiger partial charge in [0.25, 0.3) is 0 Å². The summed E-state index contributed by atoms with van der Waals surface area (Å²) in [5.41, 5.74) is 0.242. The van der Waals surface area contributed by atoms with E-state index in [0.29, 0.717) is 6.42 Å². The van der Waals surface area contributed by atoms with Gasteiger partial charge in [0.05, 0.1) is 6.61 Å². The van der Waals surface area contributed by atoms with Gasteiger partial charge < -0.3 is 9.47 Å². The van der Waals surface area contributed by atoms with Gasteiger partial charge >= 0.3 is 11.9 Å². The van der Waals surface area contributed by atoms with Crippen LogP contribution in [0.3, 0.4) is 0 Å². The van der Waals surface area contributed by atoms with Crippen LogP contribution in [0.25, 0.3) is 0 Å². The lowest BCUT2D eigenvalue weighted by Crippen LogP contribution is -2.10. The van der Waals surface area contributed by atoms with E-state index in [2.05, 4.69) is 6.92 Å². The average Bonchev–Trinajstić information content (AvgIpc) is 2.26. The number of rotatable bonds is 4. The number of esters is 2. The van der Waals surface area contributed by atoms with Gasteiger partial charge in [0.15, 0.2) is 0 Å². The van der Waals surface area contributed by atoms with Crippen molar-refractivity contribution in [2.75, 3.05) is 6.61 Å². The largest absolute Gasteiger partial charge is 0.462 e. The van der Waals surface area contributed by atoms with E-state index in [1.54, 1.807) is 24.3 Å². The average molecular weight is 221 g/mol. The van der Waals surface area contributed by atoms with E-state index in [0.717, 1.165) is 0 Å². The summed E-state index contributed by atoms with van der Waals surface area (Å²) in [5.74, 6) is -0.776. The summed E-state index contributed by atoms with van der Waals surface area (Å²) in [6.45, 7) is 5.08. The minimum atomic E-state index is -0.513. The third-order valence-corrected chi connectivity index (χ3v) is 1.74. The van der Waals surface area contributed by atoms with E-state index < -0.39 is 11.9 Å². The van der Waals surface area contributed by atoms with Gasteiger partial charge in [-0.05, 0) is 25.5 Å². The van der Waals surface area contributed by atoms with Gasteiger partial charge in [-0.3, -0.25) is 4.79 Å². The molecular weight excluding hydrogens is 208 g/mol. The maximum absolute atomic E-state index is 11.6. The minimum absolute atomic E-state index is 0.212. The Morgan fingerprint density at radius 1 is 1.31 bits per heavy atom. The molecule has 0 aromatic heterocycles. The molecule has 0 aliphatic rings. The predicted molar refractivity (Wildman–Crippen MR) is 58.0 cm³/mol. The number of para-hydroxylation sites is 1. The van der Waals surface area contributed by atoms with Gasteiger partial charge in [0, 0.05) is 6.92 Å². The van der Waals surface area contributed by atoms with E-state index in [-0.39, 0.29) is 17.9 Å². The summed E-state index contributed by atoms with van der Waals surface area (Å²) in [4.78, 5) is 22.4. The summed E-state index contributed by atoms with van der Waals surface area (Å²) in [6.07, 6.45) is 0.501. The van der Waals surface area contributed by atoms with Gasteiger partial charge in [-0.25, -0.2) is 4.79 Å². The maximum Gasteiger partial charge on any atom is 0.341 e. The SMILES string of the molecule is [CH2]CCOC(=O)c1ccccc1OC(C)=O. The van der Waals surface area contributed by atoms with E-state index >= 15 is 0 Å². The molecule has 1 radical (unpaired) electrons. The van der Waals surface area contributed by atoms with Gasteiger partial charge in [-0.15, -0.1) is 0 Å². The van der Waals surface area contributed by atoms with Crippen molar-refractivity contribution in [1.29, 1.82) is 0 Å². The lowest BCUT2D eigenvalue weighted by Gasteiger charge is -2.07. The Morgan fingerprint density at radius 2 is 2.00 bits per heavy atom. The molecule has 0 atom stereocenters. The molecule has 16 heavy (non-hydrogen) atoms. The fourth-order valence-corrected chi connectivity index (χ4v) is 1.12. The summed E-state index contributed by atoms with van der Waals surface area (Å²) in [5, 5.41) is 0. The highest BCUT2D eigenvalue weighted by molar-refractivity contribution is 5.93. The smallest absolute Gasteiger partial charge is 0.341 e. The molecule has 0 heterocycles. The molecule has 0 aliphatic carbocycles. The Kier molecular flexibility index (Phi) is 4.51. The summed E-state index contributed by atoms with van der Waals surface area (Å²) in [7, 11) is 0. The van der Waals surface area contributed by atoms with Crippen LogP contribution in [0.4, 0.5) is 0 Å². The van der Waals surface area contributed by atoms with Crippen molar-refractivity contribution in [3.8, 4) is 5.75 Å². The summed E-state index contributed by atoms with van der Waals surface area (Å²) >= 11 is 0. The number of carbonyl (C=O) groups is 2. The number of hydrogen-bond donors (Lipinski definition) is 0. The topological polar surface area (TPSA) is 52.6 Å². The molecule has 0 saturated heterocycles. The third-order valence-electron chi connectivity index (χ3n) is 1.74. The Morgan fingerprint density at radius 3 is 2.62 bits per heavy atom. The van der Waals surface area contributed by atoms with E-state index in [4.69, 9.17) is 9.47 Å². The van der Waals surface area contributed by atoms with Gasteiger partial charge in [0.1, 0.15) is 11.3 Å². The second-order valence-corrected chi connectivity index (χ2v) is 3.08. The van der Waals surface area contributed by atoms with Crippen LogP contribution in [0.2, 0.25) is 0 Å². The van der Waals surface area contributed by atoms with Crippen molar-refractivity contribution in [1.82, 2.24) is 0 Å². The van der Waals surface area contributed by atoms with Crippen molar-refractivity contribution in [2.45, 2.75) is 13.3 Å². The zero-order valence-corrected chi connectivity index (χ0v) is 9.06. The van der Waals surface area contributed by atoms with Gasteiger partial charge in [-0.1, -0.05) is 12.1 Å². The minimum Gasteiger partial charge on any atom is -0.462 e. The Bertz CT molecular complexity index is 384. The van der Waals surface area contributed by atoms with Crippen molar-refractivity contribution < 1.29 is 19.1 Å². The summed E-state index contributed by atoms with van der Waals surface area (Å²) < 4.78 is 9.80. The zero-order valence-electron chi connectivity index (χ0n) is 9.06. The van der Waals surface area contributed by atoms with Crippen LogP contribution in [0.1, 0.15) is 23.7 Å². The fourth-order valence-electron chi connectivity index (χ4n) is 1.12. The van der Waals surface area contributed by atoms with Gasteiger partial charge in [0.2, 0.25) is 0 Å². The van der Waals surface area contributed by atoms with Crippen LogP contribution in [0, 0.1) is 6.92 Å². The third kappa shape index (κ3) is 3.38. The predicted octanol–water partition coefficient (Wildman–Crippen LogP) is 1.99. The molecule has 0 N–H and O–H groups in total. The van der Waals surface area contributed by atoms with Crippen molar-refractivity contribution in [3.63, 3.8) is 0 Å². The Balaban J connectivity index is 2.85. The first-order valence-electron chi connectivity index (χ1n) is 4.89. The molecular formula is C12H13O4. The van der Waals surface area contributed by atoms with Crippen molar-refractivity contribution in [3.05, 3.63) is 36.8 Å². The normalized spacial score (nSPS) is 9.62. The standard InChI is InChI=1S/C12H13O4/c1-3-8-15-12(14)10-6-4-5-7-11(10)16-9(2)13/h4-7H,1,3,8H2,2H3. The summed E-state index contributed by atoms with van der Waals surface area (Å²) in [6, 6.07) is 6.44. The molecule has 0 fully saturated rings. The Labute approximate surface area is 94.2 Å². The maximum atomic E-state index is 11.6. The van der Waals surface area contributed by atoms with Crippen LogP contribution in [-0.2, 0) is 9.53 Å². The molecule has 0 spiro atoms. The molecule has 0 aliphatic heterocycles. The first kappa shape index (κ1) is 12.2. The highest BCUT2D eigenvalue weighted by atomic mass is 16.5. The van der Waals surface area contributed by atoms with Crippen LogP contribution in [0.15, 0.2) is 24.3 Å². The molecule has 1 aromatic rings. The van der Waals surface area contributed by atoms with Crippen molar-refractivity contribution in [2.24, 2.45) is 0 Å². The molecule has 1 aromatic carbocycles. The Hall–Kier alpha value is -1.84. The van der Waals surface area contributed by atoms with Crippen LogP contribution >= 0.6 is 0 Å². The highest BCUT2D eigenvalue weighted by Gasteiger charge is 2.14. The second-order valence-electron chi connectivity index (χ2n) is 3.08. The molecule has 0 unspecified atom stereocenters. The van der Waals surface area contributed by atoms with Crippen LogP contribution in [0.5, 0.6) is 5.75 Å². The molecule has 4 nitrogen and oxygen atoms in total. The molecule has 4 heteroatoms. The first-order valence-corrected chi connectivity index (χ1v) is 4.89. The van der Waals surface area contributed by atoms with Crippen molar-refractivity contribution >= 4 is 11.9 Å². The molecule has 1 rings (SSSR count).